The van der Waals surface area contributed by atoms with Gasteiger partial charge in [-0.15, -0.1) is 12.4 Å². The summed E-state index contributed by atoms with van der Waals surface area (Å²) in [5.41, 5.74) is 2.59. The number of rotatable bonds is 6. The smallest absolute Gasteiger partial charge is 0.255 e. The number of hydrogen-bond donors (Lipinski definition) is 2. The van der Waals surface area contributed by atoms with Crippen molar-refractivity contribution >= 4 is 46.3 Å². The van der Waals surface area contributed by atoms with Crippen molar-refractivity contribution in [2.75, 3.05) is 24.9 Å². The third-order valence-electron chi connectivity index (χ3n) is 4.78. The Morgan fingerprint density at radius 1 is 0.906 bits per heavy atom. The minimum absolute atomic E-state index is 0. The van der Waals surface area contributed by atoms with Gasteiger partial charge in [0.05, 0.1) is 25.4 Å². The van der Waals surface area contributed by atoms with Crippen LogP contribution in [-0.4, -0.2) is 25.1 Å². The van der Waals surface area contributed by atoms with Crippen LogP contribution in [0.25, 0.3) is 10.9 Å². The van der Waals surface area contributed by atoms with Gasteiger partial charge in [0.25, 0.3) is 5.91 Å². The molecule has 3 aromatic carbocycles. The number of amides is 1. The van der Waals surface area contributed by atoms with Gasteiger partial charge in [0, 0.05) is 34.6 Å². The maximum Gasteiger partial charge on any atom is 0.255 e. The van der Waals surface area contributed by atoms with Crippen LogP contribution in [0.5, 0.6) is 11.5 Å². The zero-order valence-electron chi connectivity index (χ0n) is 17.4. The molecule has 2 N–H and O–H groups in total. The van der Waals surface area contributed by atoms with E-state index in [9.17, 15) is 9.18 Å². The highest BCUT2D eigenvalue weighted by Gasteiger charge is 2.12. The number of anilines is 3. The SMILES string of the molecule is COc1cc2nccc(Nc3ccc(F)c(NC(=O)c4ccccc4)c3)c2cc1OC.Cl. The van der Waals surface area contributed by atoms with Gasteiger partial charge in [-0.3, -0.25) is 9.78 Å². The maximum atomic E-state index is 14.3. The van der Waals surface area contributed by atoms with Crippen molar-refractivity contribution in [3.63, 3.8) is 0 Å². The summed E-state index contributed by atoms with van der Waals surface area (Å²) in [5.74, 6) is 0.233. The molecule has 0 aliphatic carbocycles. The Labute approximate surface area is 190 Å². The molecule has 1 heterocycles. The molecule has 164 valence electrons. The number of halogens is 2. The average molecular weight is 454 g/mol. The molecule has 1 aromatic heterocycles. The van der Waals surface area contributed by atoms with Gasteiger partial charge in [-0.05, 0) is 42.5 Å². The summed E-state index contributed by atoms with van der Waals surface area (Å²) in [6.45, 7) is 0. The lowest BCUT2D eigenvalue weighted by Crippen LogP contribution is -2.13. The molecule has 0 radical (unpaired) electrons. The molecular formula is C24H21ClFN3O3. The van der Waals surface area contributed by atoms with Crippen LogP contribution in [0.4, 0.5) is 21.5 Å². The van der Waals surface area contributed by atoms with Crippen LogP contribution in [0, 0.1) is 5.82 Å². The van der Waals surface area contributed by atoms with E-state index in [1.807, 2.05) is 12.1 Å². The summed E-state index contributed by atoms with van der Waals surface area (Å²) in [5, 5.41) is 6.69. The number of fused-ring (bicyclic) bond motifs is 1. The fraction of sp³-hybridized carbons (Fsp3) is 0.0833. The van der Waals surface area contributed by atoms with Crippen LogP contribution >= 0.6 is 12.4 Å². The minimum Gasteiger partial charge on any atom is -0.493 e. The van der Waals surface area contributed by atoms with Gasteiger partial charge in [-0.2, -0.15) is 0 Å². The minimum atomic E-state index is -0.527. The number of methoxy groups -OCH3 is 2. The Kier molecular flexibility index (Phi) is 7.12. The normalized spacial score (nSPS) is 10.2. The van der Waals surface area contributed by atoms with Crippen molar-refractivity contribution < 1.29 is 18.7 Å². The number of pyridine rings is 1. The number of benzene rings is 3. The van der Waals surface area contributed by atoms with Gasteiger partial charge in [-0.25, -0.2) is 4.39 Å². The fourth-order valence-corrected chi connectivity index (χ4v) is 3.22. The number of carbonyl (C=O) groups excluding carboxylic acids is 1. The molecule has 6 nitrogen and oxygen atoms in total. The van der Waals surface area contributed by atoms with Gasteiger partial charge < -0.3 is 20.1 Å². The van der Waals surface area contributed by atoms with Gasteiger partial charge in [0.2, 0.25) is 0 Å². The van der Waals surface area contributed by atoms with Gasteiger partial charge in [0.1, 0.15) is 5.82 Å². The van der Waals surface area contributed by atoms with Crippen molar-refractivity contribution in [3.05, 3.63) is 84.3 Å². The second-order valence-corrected chi connectivity index (χ2v) is 6.72. The number of carbonyl (C=O) groups is 1. The quantitative estimate of drug-likeness (QED) is 0.385. The molecule has 0 fully saturated rings. The first-order valence-corrected chi connectivity index (χ1v) is 9.53. The topological polar surface area (TPSA) is 72.5 Å². The van der Waals surface area contributed by atoms with E-state index >= 15 is 0 Å². The number of nitrogens with zero attached hydrogens (tertiary/aromatic N) is 1. The van der Waals surface area contributed by atoms with E-state index in [1.165, 1.54) is 6.07 Å². The van der Waals surface area contributed by atoms with E-state index in [0.29, 0.717) is 28.3 Å². The predicted molar refractivity (Wildman–Crippen MR) is 126 cm³/mol. The number of nitrogens with one attached hydrogen (secondary N) is 2. The monoisotopic (exact) mass is 453 g/mol. The first-order valence-electron chi connectivity index (χ1n) is 9.53. The highest BCUT2D eigenvalue weighted by Crippen LogP contribution is 2.35. The second kappa shape index (κ2) is 9.98. The standard InChI is InChI=1S/C24H20FN3O3.ClH/c1-30-22-13-17-19(10-11-26-20(17)14-23(22)31-2)27-16-8-9-18(25)21(12-16)28-24(29)15-6-4-3-5-7-15;/h3-14H,1-2H3,(H,26,27)(H,28,29);1H. The summed E-state index contributed by atoms with van der Waals surface area (Å²) in [7, 11) is 3.13. The first kappa shape index (κ1) is 22.8. The van der Waals surface area contributed by atoms with E-state index in [0.717, 1.165) is 11.1 Å². The van der Waals surface area contributed by atoms with Crippen molar-refractivity contribution in [2.45, 2.75) is 0 Å². The van der Waals surface area contributed by atoms with E-state index in [4.69, 9.17) is 9.47 Å². The van der Waals surface area contributed by atoms with Crippen molar-refractivity contribution in [1.82, 2.24) is 4.98 Å². The van der Waals surface area contributed by atoms with Crippen LogP contribution in [0.1, 0.15) is 10.4 Å². The molecule has 0 bridgehead atoms. The fourth-order valence-electron chi connectivity index (χ4n) is 3.22. The molecule has 0 aliphatic rings. The van der Waals surface area contributed by atoms with Crippen LogP contribution < -0.4 is 20.1 Å². The summed E-state index contributed by atoms with van der Waals surface area (Å²) >= 11 is 0. The summed E-state index contributed by atoms with van der Waals surface area (Å²) < 4.78 is 25.1. The predicted octanol–water partition coefficient (Wildman–Crippen LogP) is 5.81. The van der Waals surface area contributed by atoms with Crippen LogP contribution in [0.15, 0.2) is 72.9 Å². The Morgan fingerprint density at radius 3 is 2.34 bits per heavy atom. The second-order valence-electron chi connectivity index (χ2n) is 6.72. The number of ether oxygens (including phenoxy) is 2. The molecule has 0 saturated carbocycles. The molecule has 1 amide bonds. The molecule has 32 heavy (non-hydrogen) atoms. The van der Waals surface area contributed by atoms with Gasteiger partial charge >= 0.3 is 0 Å². The number of hydrogen-bond acceptors (Lipinski definition) is 5. The molecule has 0 atom stereocenters. The summed E-state index contributed by atoms with van der Waals surface area (Å²) in [6, 6.07) is 18.5. The molecule has 0 spiro atoms. The van der Waals surface area contributed by atoms with E-state index in [2.05, 4.69) is 15.6 Å². The third-order valence-corrected chi connectivity index (χ3v) is 4.78. The van der Waals surface area contributed by atoms with Gasteiger partial charge in [0.15, 0.2) is 11.5 Å². The maximum absolute atomic E-state index is 14.3. The first-order chi connectivity index (χ1) is 15.1. The zero-order chi connectivity index (χ0) is 21.8. The molecule has 4 rings (SSSR count). The lowest BCUT2D eigenvalue weighted by Gasteiger charge is -2.14. The molecular weight excluding hydrogens is 433 g/mol. The van der Waals surface area contributed by atoms with E-state index in [-0.39, 0.29) is 24.0 Å². The lowest BCUT2D eigenvalue weighted by atomic mass is 10.1. The molecule has 0 unspecified atom stereocenters. The molecule has 0 aliphatic heterocycles. The Balaban J connectivity index is 0.00000289. The Hall–Kier alpha value is -3.84. The Bertz CT molecular complexity index is 1250. The Morgan fingerprint density at radius 2 is 1.62 bits per heavy atom. The lowest BCUT2D eigenvalue weighted by molar-refractivity contribution is 0.102. The van der Waals surface area contributed by atoms with Crippen molar-refractivity contribution in [1.29, 1.82) is 0 Å². The highest BCUT2D eigenvalue weighted by atomic mass is 35.5. The largest absolute Gasteiger partial charge is 0.493 e. The molecule has 4 aromatic rings. The van der Waals surface area contributed by atoms with Crippen LogP contribution in [0.3, 0.4) is 0 Å². The molecule has 8 heteroatoms. The van der Waals surface area contributed by atoms with E-state index in [1.54, 1.807) is 68.9 Å². The zero-order valence-corrected chi connectivity index (χ0v) is 18.2. The highest BCUT2D eigenvalue weighted by molar-refractivity contribution is 6.04. The van der Waals surface area contributed by atoms with E-state index < -0.39 is 5.82 Å². The average Bonchev–Trinajstić information content (AvgIpc) is 2.81. The van der Waals surface area contributed by atoms with Crippen molar-refractivity contribution in [3.8, 4) is 11.5 Å². The molecule has 0 saturated heterocycles. The van der Waals surface area contributed by atoms with Crippen LogP contribution in [-0.2, 0) is 0 Å². The van der Waals surface area contributed by atoms with Crippen molar-refractivity contribution in [2.24, 2.45) is 0 Å². The summed E-state index contributed by atoms with van der Waals surface area (Å²) in [6.07, 6.45) is 1.66. The summed E-state index contributed by atoms with van der Waals surface area (Å²) in [4.78, 5) is 16.8. The van der Waals surface area contributed by atoms with Crippen LogP contribution in [0.2, 0.25) is 0 Å². The number of aromatic nitrogens is 1. The van der Waals surface area contributed by atoms with Gasteiger partial charge in [-0.1, -0.05) is 18.2 Å². The third kappa shape index (κ3) is 4.73.